The summed E-state index contributed by atoms with van der Waals surface area (Å²) in [6, 6.07) is 11.4. The van der Waals surface area contributed by atoms with Crippen LogP contribution in [0.25, 0.3) is 11.1 Å². The molecular weight excluding hydrogens is 267 g/mol. The van der Waals surface area contributed by atoms with Crippen molar-refractivity contribution in [3.8, 4) is 11.1 Å². The molecule has 2 rings (SSSR count). The summed E-state index contributed by atoms with van der Waals surface area (Å²) in [6.07, 6.45) is 0. The Hall–Kier alpha value is -1.15. The van der Waals surface area contributed by atoms with E-state index in [4.69, 9.17) is 0 Å². The Morgan fingerprint density at radius 2 is 1.62 bits per heavy atom. The maximum absolute atomic E-state index is 13.5. The van der Waals surface area contributed by atoms with E-state index in [-0.39, 0.29) is 5.82 Å². The van der Waals surface area contributed by atoms with Crippen LogP contribution in [0.5, 0.6) is 0 Å². The maximum atomic E-state index is 13.5. The van der Waals surface area contributed by atoms with Gasteiger partial charge in [0.2, 0.25) is 0 Å². The Labute approximate surface area is 103 Å². The van der Waals surface area contributed by atoms with E-state index in [9.17, 15) is 4.39 Å². The van der Waals surface area contributed by atoms with Gasteiger partial charge in [0.15, 0.2) is 0 Å². The lowest BCUT2D eigenvalue weighted by molar-refractivity contribution is 0.621. The second kappa shape index (κ2) is 4.38. The van der Waals surface area contributed by atoms with Gasteiger partial charge in [0.05, 0.1) is 4.47 Å². The number of halogens is 2. The number of hydrogen-bond acceptors (Lipinski definition) is 0. The molecule has 0 bridgehead atoms. The highest BCUT2D eigenvalue weighted by molar-refractivity contribution is 9.10. The minimum absolute atomic E-state index is 0.219. The van der Waals surface area contributed by atoms with Crippen molar-refractivity contribution < 1.29 is 4.39 Å². The molecule has 0 saturated heterocycles. The zero-order valence-electron chi connectivity index (χ0n) is 9.22. The van der Waals surface area contributed by atoms with Crippen LogP contribution in [0, 0.1) is 19.7 Å². The summed E-state index contributed by atoms with van der Waals surface area (Å²) in [5.74, 6) is -0.219. The van der Waals surface area contributed by atoms with Gasteiger partial charge < -0.3 is 0 Å². The number of aryl methyl sites for hydroxylation is 2. The van der Waals surface area contributed by atoms with E-state index in [1.54, 1.807) is 6.07 Å². The molecule has 0 saturated carbocycles. The molecule has 82 valence electrons. The molecule has 0 atom stereocenters. The van der Waals surface area contributed by atoms with E-state index >= 15 is 0 Å². The standard InChI is InChI=1S/C14H12BrF/c1-9-5-3-4-6-11(9)12-8-14(16)13(15)7-10(12)2/h3-8H,1-2H3. The van der Waals surface area contributed by atoms with Gasteiger partial charge in [-0.05, 0) is 64.2 Å². The highest BCUT2D eigenvalue weighted by atomic mass is 79.9. The molecule has 0 spiro atoms. The quantitative estimate of drug-likeness (QED) is 0.698. The van der Waals surface area contributed by atoms with Crippen molar-refractivity contribution in [2.24, 2.45) is 0 Å². The van der Waals surface area contributed by atoms with E-state index in [2.05, 4.69) is 15.9 Å². The van der Waals surface area contributed by atoms with E-state index in [0.717, 1.165) is 22.3 Å². The predicted octanol–water partition coefficient (Wildman–Crippen LogP) is 4.87. The van der Waals surface area contributed by atoms with Crippen LogP contribution < -0.4 is 0 Å². The predicted molar refractivity (Wildman–Crippen MR) is 69.0 cm³/mol. The summed E-state index contributed by atoms with van der Waals surface area (Å²) in [5.41, 5.74) is 4.28. The van der Waals surface area contributed by atoms with Crippen LogP contribution >= 0.6 is 15.9 Å². The molecule has 0 unspecified atom stereocenters. The van der Waals surface area contributed by atoms with Gasteiger partial charge in [-0.25, -0.2) is 4.39 Å². The Morgan fingerprint density at radius 1 is 0.938 bits per heavy atom. The molecule has 2 aromatic carbocycles. The molecule has 0 N–H and O–H groups in total. The fourth-order valence-electron chi connectivity index (χ4n) is 1.81. The monoisotopic (exact) mass is 278 g/mol. The van der Waals surface area contributed by atoms with Crippen LogP contribution in [0.4, 0.5) is 4.39 Å². The van der Waals surface area contributed by atoms with Crippen molar-refractivity contribution in [1.29, 1.82) is 0 Å². The van der Waals surface area contributed by atoms with Crippen LogP contribution in [0.3, 0.4) is 0 Å². The fraction of sp³-hybridized carbons (Fsp3) is 0.143. The zero-order chi connectivity index (χ0) is 11.7. The van der Waals surface area contributed by atoms with Crippen LogP contribution in [0.15, 0.2) is 40.9 Å². The normalized spacial score (nSPS) is 10.5. The lowest BCUT2D eigenvalue weighted by Crippen LogP contribution is -1.89. The molecular formula is C14H12BrF. The molecule has 0 radical (unpaired) electrons. The first-order valence-corrected chi connectivity index (χ1v) is 5.90. The molecule has 0 fully saturated rings. The second-order valence-corrected chi connectivity index (χ2v) is 4.75. The molecule has 16 heavy (non-hydrogen) atoms. The second-order valence-electron chi connectivity index (χ2n) is 3.90. The van der Waals surface area contributed by atoms with Gasteiger partial charge in [0.25, 0.3) is 0 Å². The molecule has 0 heterocycles. The molecule has 0 aliphatic heterocycles. The minimum atomic E-state index is -0.219. The third-order valence-corrected chi connectivity index (χ3v) is 3.31. The summed E-state index contributed by atoms with van der Waals surface area (Å²) in [6.45, 7) is 4.03. The Kier molecular flexibility index (Phi) is 3.10. The molecule has 2 aromatic rings. The minimum Gasteiger partial charge on any atom is -0.206 e. The largest absolute Gasteiger partial charge is 0.206 e. The first-order chi connectivity index (χ1) is 7.59. The molecule has 0 aliphatic rings. The third-order valence-electron chi connectivity index (χ3n) is 2.70. The Morgan fingerprint density at radius 3 is 2.31 bits per heavy atom. The smallest absolute Gasteiger partial charge is 0.138 e. The summed E-state index contributed by atoms with van der Waals surface area (Å²) in [4.78, 5) is 0. The number of hydrogen-bond donors (Lipinski definition) is 0. The van der Waals surface area contributed by atoms with Crippen molar-refractivity contribution in [3.63, 3.8) is 0 Å². The SMILES string of the molecule is Cc1ccccc1-c1cc(F)c(Br)cc1C. The average molecular weight is 279 g/mol. The summed E-state index contributed by atoms with van der Waals surface area (Å²) in [5, 5.41) is 0. The summed E-state index contributed by atoms with van der Waals surface area (Å²) >= 11 is 3.20. The van der Waals surface area contributed by atoms with Gasteiger partial charge in [-0.2, -0.15) is 0 Å². The van der Waals surface area contributed by atoms with Crippen molar-refractivity contribution in [3.05, 3.63) is 57.8 Å². The highest BCUT2D eigenvalue weighted by Crippen LogP contribution is 2.30. The fourth-order valence-corrected chi connectivity index (χ4v) is 2.27. The Bertz CT molecular complexity index is 532. The highest BCUT2D eigenvalue weighted by Gasteiger charge is 2.08. The first-order valence-electron chi connectivity index (χ1n) is 5.11. The lowest BCUT2D eigenvalue weighted by atomic mass is 9.97. The van der Waals surface area contributed by atoms with Gasteiger partial charge >= 0.3 is 0 Å². The van der Waals surface area contributed by atoms with Gasteiger partial charge in [0, 0.05) is 0 Å². The van der Waals surface area contributed by atoms with Gasteiger partial charge in [0.1, 0.15) is 5.82 Å². The van der Waals surface area contributed by atoms with Gasteiger partial charge in [-0.15, -0.1) is 0 Å². The molecule has 0 aliphatic carbocycles. The topological polar surface area (TPSA) is 0 Å². The summed E-state index contributed by atoms with van der Waals surface area (Å²) < 4.78 is 14.0. The van der Waals surface area contributed by atoms with Crippen molar-refractivity contribution >= 4 is 15.9 Å². The molecule has 0 nitrogen and oxygen atoms in total. The molecule has 2 heteroatoms. The van der Waals surface area contributed by atoms with Crippen LogP contribution in [-0.2, 0) is 0 Å². The summed E-state index contributed by atoms with van der Waals surface area (Å²) in [7, 11) is 0. The van der Waals surface area contributed by atoms with Crippen LogP contribution in [0.1, 0.15) is 11.1 Å². The Balaban J connectivity index is 2.65. The van der Waals surface area contributed by atoms with Gasteiger partial charge in [-0.3, -0.25) is 0 Å². The maximum Gasteiger partial charge on any atom is 0.138 e. The van der Waals surface area contributed by atoms with E-state index in [0.29, 0.717) is 4.47 Å². The van der Waals surface area contributed by atoms with Crippen LogP contribution in [-0.4, -0.2) is 0 Å². The van der Waals surface area contributed by atoms with Crippen molar-refractivity contribution in [1.82, 2.24) is 0 Å². The third kappa shape index (κ3) is 2.03. The number of rotatable bonds is 1. The molecule has 0 aromatic heterocycles. The van der Waals surface area contributed by atoms with Crippen LogP contribution in [0.2, 0.25) is 0 Å². The lowest BCUT2D eigenvalue weighted by Gasteiger charge is -2.10. The average Bonchev–Trinajstić information content (AvgIpc) is 2.25. The molecule has 0 amide bonds. The zero-order valence-corrected chi connectivity index (χ0v) is 10.8. The van der Waals surface area contributed by atoms with E-state index in [1.807, 2.05) is 44.2 Å². The number of benzene rings is 2. The van der Waals surface area contributed by atoms with Crippen molar-refractivity contribution in [2.75, 3.05) is 0 Å². The van der Waals surface area contributed by atoms with E-state index in [1.165, 1.54) is 0 Å². The van der Waals surface area contributed by atoms with Gasteiger partial charge in [-0.1, -0.05) is 24.3 Å². The van der Waals surface area contributed by atoms with E-state index < -0.39 is 0 Å². The first kappa shape index (κ1) is 11.3. The van der Waals surface area contributed by atoms with Crippen molar-refractivity contribution in [2.45, 2.75) is 13.8 Å².